The molecule has 0 heterocycles. The lowest BCUT2D eigenvalue weighted by molar-refractivity contribution is -0.150. The van der Waals surface area contributed by atoms with E-state index in [9.17, 15) is 4.79 Å². The van der Waals surface area contributed by atoms with Crippen LogP contribution < -0.4 is 5.32 Å². The maximum absolute atomic E-state index is 12.2. The number of carbonyl (C=O) groups excluding carboxylic acids is 1. The third-order valence-corrected chi connectivity index (χ3v) is 4.85. The van der Waals surface area contributed by atoms with Crippen molar-refractivity contribution in [3.63, 3.8) is 0 Å². The van der Waals surface area contributed by atoms with Crippen LogP contribution in [0.4, 0.5) is 0 Å². The molecule has 1 aliphatic rings. The zero-order valence-corrected chi connectivity index (χ0v) is 14.0. The minimum Gasteiger partial charge on any atom is -0.465 e. The molecule has 20 heavy (non-hydrogen) atoms. The molecule has 4 nitrogen and oxygen atoms in total. The number of ether oxygens (including phenoxy) is 1. The van der Waals surface area contributed by atoms with E-state index < -0.39 is 5.54 Å². The van der Waals surface area contributed by atoms with Gasteiger partial charge in [-0.2, -0.15) is 11.8 Å². The number of aliphatic hydroxyl groups is 1. The topological polar surface area (TPSA) is 58.6 Å². The maximum Gasteiger partial charge on any atom is 0.326 e. The zero-order chi connectivity index (χ0) is 15.2. The van der Waals surface area contributed by atoms with E-state index in [0.717, 1.165) is 25.7 Å². The van der Waals surface area contributed by atoms with Gasteiger partial charge >= 0.3 is 5.97 Å². The Bertz CT molecular complexity index is 309. The van der Waals surface area contributed by atoms with Crippen LogP contribution in [-0.4, -0.2) is 46.4 Å². The van der Waals surface area contributed by atoms with Crippen molar-refractivity contribution < 1.29 is 14.6 Å². The lowest BCUT2D eigenvalue weighted by atomic mass is 9.95. The molecule has 0 saturated heterocycles. The van der Waals surface area contributed by atoms with E-state index in [1.165, 1.54) is 0 Å². The molecule has 1 aliphatic carbocycles. The standard InChI is InChI=1S/C15H29NO3S/c1-5-19-14(18)15(4,16-13-6-7-13)10-12(3)20-11(2)8-9-17/h11-13,16-17H,5-10H2,1-4H3. The number of carbonyl (C=O) groups is 1. The van der Waals surface area contributed by atoms with Gasteiger partial charge in [0.05, 0.1) is 6.61 Å². The fourth-order valence-electron chi connectivity index (χ4n) is 2.44. The third-order valence-electron chi connectivity index (χ3n) is 3.52. The first-order chi connectivity index (χ1) is 9.41. The van der Waals surface area contributed by atoms with Crippen LogP contribution in [-0.2, 0) is 9.53 Å². The van der Waals surface area contributed by atoms with E-state index in [2.05, 4.69) is 19.2 Å². The van der Waals surface area contributed by atoms with Gasteiger partial charge in [0, 0.05) is 23.1 Å². The van der Waals surface area contributed by atoms with E-state index in [0.29, 0.717) is 23.1 Å². The number of rotatable bonds is 10. The summed E-state index contributed by atoms with van der Waals surface area (Å²) in [6, 6.07) is 0.469. The van der Waals surface area contributed by atoms with Gasteiger partial charge < -0.3 is 9.84 Å². The highest BCUT2D eigenvalue weighted by Crippen LogP contribution is 2.30. The molecule has 0 aromatic rings. The molecule has 2 N–H and O–H groups in total. The first-order valence-corrected chi connectivity index (χ1v) is 8.56. The quantitative estimate of drug-likeness (QED) is 0.607. The normalized spacial score (nSPS) is 21.1. The molecule has 0 bridgehead atoms. The van der Waals surface area contributed by atoms with Crippen LogP contribution in [0.1, 0.15) is 53.4 Å². The molecule has 0 aliphatic heterocycles. The first-order valence-electron chi connectivity index (χ1n) is 7.62. The highest BCUT2D eigenvalue weighted by Gasteiger charge is 2.40. The Morgan fingerprint density at radius 1 is 1.45 bits per heavy atom. The van der Waals surface area contributed by atoms with E-state index in [4.69, 9.17) is 9.84 Å². The van der Waals surface area contributed by atoms with E-state index >= 15 is 0 Å². The number of aliphatic hydroxyl groups excluding tert-OH is 1. The van der Waals surface area contributed by atoms with Gasteiger partial charge in [-0.3, -0.25) is 10.1 Å². The number of esters is 1. The van der Waals surface area contributed by atoms with Crippen molar-refractivity contribution in [2.24, 2.45) is 0 Å². The second kappa shape index (κ2) is 8.25. The second-order valence-electron chi connectivity index (χ2n) is 5.94. The lowest BCUT2D eigenvalue weighted by Crippen LogP contribution is -2.53. The molecule has 5 heteroatoms. The summed E-state index contributed by atoms with van der Waals surface area (Å²) in [4.78, 5) is 12.2. The molecule has 118 valence electrons. The second-order valence-corrected chi connectivity index (χ2v) is 7.83. The van der Waals surface area contributed by atoms with Crippen molar-refractivity contribution >= 4 is 17.7 Å². The van der Waals surface area contributed by atoms with Gasteiger partial charge in [0.1, 0.15) is 5.54 Å². The lowest BCUT2D eigenvalue weighted by Gasteiger charge is -2.32. The number of hydrogen-bond acceptors (Lipinski definition) is 5. The summed E-state index contributed by atoms with van der Waals surface area (Å²) >= 11 is 1.83. The summed E-state index contributed by atoms with van der Waals surface area (Å²) in [7, 11) is 0. The molecule has 0 spiro atoms. The Morgan fingerprint density at radius 3 is 2.60 bits per heavy atom. The molecule has 0 aromatic heterocycles. The predicted octanol–water partition coefficient (Wildman–Crippen LogP) is 2.34. The molecule has 1 fully saturated rings. The van der Waals surface area contributed by atoms with Gasteiger partial charge in [0.15, 0.2) is 0 Å². The van der Waals surface area contributed by atoms with E-state index in [1.807, 2.05) is 25.6 Å². The fraction of sp³-hybridized carbons (Fsp3) is 0.933. The molecular weight excluding hydrogens is 274 g/mol. The molecule has 0 aromatic carbocycles. The molecule has 1 saturated carbocycles. The predicted molar refractivity (Wildman–Crippen MR) is 84.0 cm³/mol. The SMILES string of the molecule is CCOC(=O)C(C)(CC(C)SC(C)CCO)NC1CC1. The van der Waals surface area contributed by atoms with Crippen LogP contribution in [0.5, 0.6) is 0 Å². The van der Waals surface area contributed by atoms with Gasteiger partial charge in [-0.1, -0.05) is 13.8 Å². The van der Waals surface area contributed by atoms with Crippen molar-refractivity contribution in [1.29, 1.82) is 0 Å². The Kier molecular flexibility index (Phi) is 7.34. The smallest absolute Gasteiger partial charge is 0.326 e. The van der Waals surface area contributed by atoms with Gasteiger partial charge in [-0.15, -0.1) is 0 Å². The number of thioether (sulfide) groups is 1. The van der Waals surface area contributed by atoms with E-state index in [-0.39, 0.29) is 12.6 Å². The Balaban J connectivity index is 2.56. The number of nitrogens with one attached hydrogen (secondary N) is 1. The van der Waals surface area contributed by atoms with Crippen LogP contribution in [0.15, 0.2) is 0 Å². The molecule has 3 unspecified atom stereocenters. The van der Waals surface area contributed by atoms with Crippen molar-refractivity contribution in [2.45, 2.75) is 75.5 Å². The Hall–Kier alpha value is -0.260. The van der Waals surface area contributed by atoms with Gasteiger partial charge in [0.25, 0.3) is 0 Å². The van der Waals surface area contributed by atoms with Crippen molar-refractivity contribution in [3.8, 4) is 0 Å². The van der Waals surface area contributed by atoms with Crippen molar-refractivity contribution in [1.82, 2.24) is 5.32 Å². The van der Waals surface area contributed by atoms with Gasteiger partial charge in [0.2, 0.25) is 0 Å². The molecular formula is C15H29NO3S. The van der Waals surface area contributed by atoms with E-state index in [1.54, 1.807) is 0 Å². The summed E-state index contributed by atoms with van der Waals surface area (Å²) in [5.41, 5.74) is -0.595. The Labute approximate surface area is 127 Å². The minimum atomic E-state index is -0.595. The summed E-state index contributed by atoms with van der Waals surface area (Å²) in [5, 5.41) is 13.2. The summed E-state index contributed by atoms with van der Waals surface area (Å²) in [6.45, 7) is 8.70. The largest absolute Gasteiger partial charge is 0.465 e. The van der Waals surface area contributed by atoms with Crippen LogP contribution in [0.25, 0.3) is 0 Å². The van der Waals surface area contributed by atoms with Crippen LogP contribution in [0, 0.1) is 0 Å². The highest BCUT2D eigenvalue weighted by atomic mass is 32.2. The molecule has 3 atom stereocenters. The fourth-order valence-corrected chi connectivity index (χ4v) is 3.90. The Morgan fingerprint density at radius 2 is 2.10 bits per heavy atom. The van der Waals surface area contributed by atoms with Gasteiger partial charge in [-0.05, 0) is 39.5 Å². The maximum atomic E-state index is 12.2. The minimum absolute atomic E-state index is 0.144. The number of hydrogen-bond donors (Lipinski definition) is 2. The monoisotopic (exact) mass is 303 g/mol. The van der Waals surface area contributed by atoms with Crippen LogP contribution >= 0.6 is 11.8 Å². The summed E-state index contributed by atoms with van der Waals surface area (Å²) in [6.07, 6.45) is 3.85. The molecule has 1 rings (SSSR count). The first kappa shape index (κ1) is 17.8. The average molecular weight is 303 g/mol. The molecule has 0 radical (unpaired) electrons. The van der Waals surface area contributed by atoms with Crippen LogP contribution in [0.2, 0.25) is 0 Å². The van der Waals surface area contributed by atoms with Crippen molar-refractivity contribution in [3.05, 3.63) is 0 Å². The third kappa shape index (κ3) is 6.02. The summed E-state index contributed by atoms with van der Waals surface area (Å²) in [5.74, 6) is -0.144. The summed E-state index contributed by atoms with van der Waals surface area (Å²) < 4.78 is 5.24. The van der Waals surface area contributed by atoms with Crippen LogP contribution in [0.3, 0.4) is 0 Å². The highest BCUT2D eigenvalue weighted by molar-refractivity contribution is 8.00. The van der Waals surface area contributed by atoms with Crippen molar-refractivity contribution in [2.75, 3.05) is 13.2 Å². The van der Waals surface area contributed by atoms with Gasteiger partial charge in [-0.25, -0.2) is 0 Å². The average Bonchev–Trinajstić information content (AvgIpc) is 3.12. The zero-order valence-electron chi connectivity index (χ0n) is 13.1. The molecule has 0 amide bonds.